The van der Waals surface area contributed by atoms with Crippen LogP contribution in [0.15, 0.2) is 22.9 Å². The number of hydrogen-bond donors (Lipinski definition) is 1. The van der Waals surface area contributed by atoms with Crippen LogP contribution in [0.25, 0.3) is 0 Å². The fourth-order valence-corrected chi connectivity index (χ4v) is 3.04. The molecule has 0 aromatic carbocycles. The standard InChI is InChI=1S/C19H21F4N5O5/c1-2-31-15(29)13-9-12(33-27-13)10-32-17(30)25-11-18(20)4-7-28(8-5-18)16-24-6-3-14(26-16)19(21,22)23/h3,6,9H,2,4-5,7-8,10-11H2,1H3,(H,25,30). The van der Waals surface area contributed by atoms with Crippen LogP contribution in [-0.4, -0.2) is 59.1 Å². The number of carbonyl (C=O) groups excluding carboxylic acids is 2. The Bertz CT molecular complexity index is 975. The topological polar surface area (TPSA) is 120 Å². The Morgan fingerprint density at radius 2 is 2.00 bits per heavy atom. The summed E-state index contributed by atoms with van der Waals surface area (Å²) < 4.78 is 68.0. The highest BCUT2D eigenvalue weighted by Gasteiger charge is 2.37. The summed E-state index contributed by atoms with van der Waals surface area (Å²) in [6.07, 6.45) is -4.63. The van der Waals surface area contributed by atoms with Crippen LogP contribution in [0.4, 0.5) is 28.3 Å². The van der Waals surface area contributed by atoms with Gasteiger partial charge in [-0.15, -0.1) is 0 Å². The second kappa shape index (κ2) is 10.0. The van der Waals surface area contributed by atoms with Gasteiger partial charge in [-0.2, -0.15) is 13.2 Å². The second-order valence-corrected chi connectivity index (χ2v) is 7.21. The van der Waals surface area contributed by atoms with Crippen LogP contribution in [0, 0.1) is 0 Å². The molecule has 2 aromatic heterocycles. The Labute approximate surface area is 185 Å². The first-order valence-corrected chi connectivity index (χ1v) is 9.97. The summed E-state index contributed by atoms with van der Waals surface area (Å²) >= 11 is 0. The van der Waals surface area contributed by atoms with Crippen molar-refractivity contribution in [3.8, 4) is 0 Å². The predicted octanol–water partition coefficient (Wildman–Crippen LogP) is 2.90. The fourth-order valence-electron chi connectivity index (χ4n) is 3.04. The van der Waals surface area contributed by atoms with E-state index in [1.165, 1.54) is 11.0 Å². The monoisotopic (exact) mass is 475 g/mol. The zero-order valence-electron chi connectivity index (χ0n) is 17.5. The van der Waals surface area contributed by atoms with Gasteiger partial charge in [0.2, 0.25) is 5.95 Å². The van der Waals surface area contributed by atoms with E-state index in [1.807, 2.05) is 0 Å². The third kappa shape index (κ3) is 6.52. The minimum atomic E-state index is -4.60. The molecule has 0 radical (unpaired) electrons. The lowest BCUT2D eigenvalue weighted by atomic mass is 9.93. The van der Waals surface area contributed by atoms with Crippen molar-refractivity contribution < 1.29 is 41.1 Å². The lowest BCUT2D eigenvalue weighted by Crippen LogP contribution is -2.48. The molecule has 1 N–H and O–H groups in total. The lowest BCUT2D eigenvalue weighted by molar-refractivity contribution is -0.141. The second-order valence-electron chi connectivity index (χ2n) is 7.21. The van der Waals surface area contributed by atoms with Crippen LogP contribution >= 0.6 is 0 Å². The highest BCUT2D eigenvalue weighted by molar-refractivity contribution is 5.87. The van der Waals surface area contributed by atoms with E-state index in [0.29, 0.717) is 0 Å². The minimum absolute atomic E-state index is 0.0576. The van der Waals surface area contributed by atoms with Gasteiger partial charge < -0.3 is 24.2 Å². The molecule has 3 rings (SSSR count). The Hall–Kier alpha value is -3.45. The third-order valence-corrected chi connectivity index (χ3v) is 4.81. The molecule has 3 heterocycles. The number of esters is 1. The van der Waals surface area contributed by atoms with Crippen LogP contribution in [0.1, 0.15) is 41.7 Å². The molecule has 1 saturated heterocycles. The zero-order chi connectivity index (χ0) is 24.1. The molecule has 0 spiro atoms. The van der Waals surface area contributed by atoms with Gasteiger partial charge in [-0.25, -0.2) is 23.9 Å². The summed E-state index contributed by atoms with van der Waals surface area (Å²) in [5.74, 6) is -0.718. The van der Waals surface area contributed by atoms with Crippen molar-refractivity contribution in [1.82, 2.24) is 20.4 Å². The van der Waals surface area contributed by atoms with E-state index in [9.17, 15) is 22.8 Å². The van der Waals surface area contributed by atoms with Crippen molar-refractivity contribution in [2.45, 2.75) is 38.2 Å². The van der Waals surface area contributed by atoms with Crippen molar-refractivity contribution in [1.29, 1.82) is 0 Å². The van der Waals surface area contributed by atoms with E-state index < -0.39 is 29.6 Å². The molecule has 10 nitrogen and oxygen atoms in total. The third-order valence-electron chi connectivity index (χ3n) is 4.81. The van der Waals surface area contributed by atoms with Gasteiger partial charge in [0.15, 0.2) is 18.1 Å². The van der Waals surface area contributed by atoms with Crippen molar-refractivity contribution in [3.63, 3.8) is 0 Å². The van der Waals surface area contributed by atoms with Gasteiger partial charge in [0.1, 0.15) is 11.4 Å². The first-order chi connectivity index (χ1) is 15.6. The van der Waals surface area contributed by atoms with Gasteiger partial charge in [0, 0.05) is 38.2 Å². The van der Waals surface area contributed by atoms with Gasteiger partial charge in [0.25, 0.3) is 0 Å². The Balaban J connectivity index is 1.44. The molecule has 0 atom stereocenters. The van der Waals surface area contributed by atoms with E-state index in [2.05, 4.69) is 20.4 Å². The fraction of sp³-hybridized carbons (Fsp3) is 0.526. The number of amides is 1. The summed E-state index contributed by atoms with van der Waals surface area (Å²) in [5.41, 5.74) is -2.93. The number of alkyl halides is 4. The largest absolute Gasteiger partial charge is 0.461 e. The average Bonchev–Trinajstić information content (AvgIpc) is 3.26. The lowest BCUT2D eigenvalue weighted by Gasteiger charge is -2.36. The SMILES string of the molecule is CCOC(=O)c1cc(COC(=O)NCC2(F)CCN(c3nccc(C(F)(F)F)n3)CC2)on1. The molecular formula is C19H21F4N5O5. The van der Waals surface area contributed by atoms with Crippen molar-refractivity contribution in [2.24, 2.45) is 0 Å². The number of rotatable bonds is 7. The maximum absolute atomic E-state index is 15.0. The Kier molecular flexibility index (Phi) is 7.33. The maximum Gasteiger partial charge on any atom is 0.433 e. The molecule has 2 aromatic rings. The van der Waals surface area contributed by atoms with E-state index in [1.54, 1.807) is 6.92 Å². The number of nitrogens with zero attached hydrogens (tertiary/aromatic N) is 4. The van der Waals surface area contributed by atoms with Crippen molar-refractivity contribution in [3.05, 3.63) is 35.5 Å². The molecule has 0 aliphatic carbocycles. The summed E-state index contributed by atoms with van der Waals surface area (Å²) in [6.45, 7) is 1.25. The number of ether oxygens (including phenoxy) is 2. The Morgan fingerprint density at radius 3 is 2.67 bits per heavy atom. The quantitative estimate of drug-likeness (QED) is 0.476. The molecular weight excluding hydrogens is 454 g/mol. The number of aromatic nitrogens is 3. The van der Waals surface area contributed by atoms with Gasteiger partial charge in [0.05, 0.1) is 13.2 Å². The number of anilines is 1. The molecule has 1 amide bonds. The van der Waals surface area contributed by atoms with Crippen molar-refractivity contribution in [2.75, 3.05) is 31.1 Å². The number of carbonyl (C=O) groups is 2. The molecule has 0 bridgehead atoms. The summed E-state index contributed by atoms with van der Waals surface area (Å²) in [7, 11) is 0. The smallest absolute Gasteiger partial charge is 0.433 e. The molecule has 14 heteroatoms. The van der Waals surface area contributed by atoms with E-state index in [-0.39, 0.29) is 63.1 Å². The van der Waals surface area contributed by atoms with Crippen molar-refractivity contribution >= 4 is 18.0 Å². The molecule has 33 heavy (non-hydrogen) atoms. The number of piperidine rings is 1. The van der Waals surface area contributed by atoms with Gasteiger partial charge >= 0.3 is 18.2 Å². The van der Waals surface area contributed by atoms with Crippen LogP contribution < -0.4 is 10.2 Å². The van der Waals surface area contributed by atoms with Crippen LogP contribution in [-0.2, 0) is 22.3 Å². The Morgan fingerprint density at radius 1 is 1.27 bits per heavy atom. The molecule has 0 unspecified atom stereocenters. The average molecular weight is 475 g/mol. The first kappa shape index (κ1) is 24.2. The number of nitrogens with one attached hydrogen (secondary N) is 1. The summed E-state index contributed by atoms with van der Waals surface area (Å²) in [5, 5.41) is 5.80. The molecule has 1 aliphatic rings. The van der Waals surface area contributed by atoms with Crippen LogP contribution in [0.3, 0.4) is 0 Å². The molecule has 180 valence electrons. The van der Waals surface area contributed by atoms with Crippen LogP contribution in [0.2, 0.25) is 0 Å². The minimum Gasteiger partial charge on any atom is -0.461 e. The van der Waals surface area contributed by atoms with Gasteiger partial charge in [-0.1, -0.05) is 5.16 Å². The number of halogens is 4. The molecule has 1 fully saturated rings. The van der Waals surface area contributed by atoms with E-state index in [0.717, 1.165) is 12.3 Å². The summed E-state index contributed by atoms with van der Waals surface area (Å²) in [4.78, 5) is 32.2. The van der Waals surface area contributed by atoms with Crippen LogP contribution in [0.5, 0.6) is 0 Å². The zero-order valence-corrected chi connectivity index (χ0v) is 17.5. The van der Waals surface area contributed by atoms with E-state index >= 15 is 4.39 Å². The molecule has 0 saturated carbocycles. The predicted molar refractivity (Wildman–Crippen MR) is 103 cm³/mol. The summed E-state index contributed by atoms with van der Waals surface area (Å²) in [6, 6.07) is 2.02. The van der Waals surface area contributed by atoms with Gasteiger partial charge in [-0.3, -0.25) is 0 Å². The highest BCUT2D eigenvalue weighted by Crippen LogP contribution is 2.31. The maximum atomic E-state index is 15.0. The normalized spacial score (nSPS) is 15.7. The number of hydrogen-bond acceptors (Lipinski definition) is 9. The first-order valence-electron chi connectivity index (χ1n) is 9.97. The van der Waals surface area contributed by atoms with E-state index in [4.69, 9.17) is 14.0 Å². The van der Waals surface area contributed by atoms with Gasteiger partial charge in [-0.05, 0) is 13.0 Å². The molecule has 1 aliphatic heterocycles. The highest BCUT2D eigenvalue weighted by atomic mass is 19.4. The number of alkyl carbamates (subject to hydrolysis) is 1.